The van der Waals surface area contributed by atoms with Crippen LogP contribution in [0.4, 0.5) is 0 Å². The first-order valence-corrected chi connectivity index (χ1v) is 9.27. The third kappa shape index (κ3) is 4.20. The highest BCUT2D eigenvalue weighted by Crippen LogP contribution is 2.35. The van der Waals surface area contributed by atoms with Crippen LogP contribution in [-0.2, 0) is 9.47 Å². The van der Waals surface area contributed by atoms with Gasteiger partial charge in [0.05, 0.1) is 5.60 Å². The average Bonchev–Trinajstić information content (AvgIpc) is 2.50. The molecule has 2 aliphatic heterocycles. The van der Waals surface area contributed by atoms with Crippen molar-refractivity contribution >= 4 is 0 Å². The average molecular weight is 295 g/mol. The van der Waals surface area contributed by atoms with Gasteiger partial charge in [-0.25, -0.2) is 0 Å². The van der Waals surface area contributed by atoms with Gasteiger partial charge in [0.1, 0.15) is 0 Å². The third-order valence-corrected chi connectivity index (χ3v) is 5.91. The Bertz CT molecular complexity index is 301. The molecule has 1 unspecified atom stereocenters. The Morgan fingerprint density at radius 2 is 1.71 bits per heavy atom. The van der Waals surface area contributed by atoms with Crippen molar-refractivity contribution in [3.8, 4) is 0 Å². The Morgan fingerprint density at radius 1 is 0.952 bits per heavy atom. The quantitative estimate of drug-likeness (QED) is 0.858. The second-order valence-corrected chi connectivity index (χ2v) is 7.51. The zero-order valence-electron chi connectivity index (χ0n) is 13.7. The molecule has 0 amide bonds. The molecule has 3 fully saturated rings. The van der Waals surface area contributed by atoms with Crippen molar-refractivity contribution in [1.29, 1.82) is 0 Å². The molecule has 1 saturated carbocycles. The second kappa shape index (κ2) is 7.43. The van der Waals surface area contributed by atoms with E-state index in [-0.39, 0.29) is 5.60 Å². The minimum absolute atomic E-state index is 0.133. The molecule has 1 spiro atoms. The van der Waals surface area contributed by atoms with Gasteiger partial charge in [0, 0.05) is 31.9 Å². The molecule has 2 heterocycles. The number of hydrogen-bond acceptors (Lipinski definition) is 3. The van der Waals surface area contributed by atoms with E-state index >= 15 is 0 Å². The van der Waals surface area contributed by atoms with E-state index in [1.165, 1.54) is 51.4 Å². The molecule has 0 bridgehead atoms. The molecule has 3 aliphatic rings. The smallest absolute Gasteiger partial charge is 0.0741 e. The Hall–Kier alpha value is -0.120. The van der Waals surface area contributed by atoms with E-state index in [1.807, 2.05) is 0 Å². The topological polar surface area (TPSA) is 30.5 Å². The summed E-state index contributed by atoms with van der Waals surface area (Å²) >= 11 is 0. The van der Waals surface area contributed by atoms with E-state index in [1.54, 1.807) is 0 Å². The van der Waals surface area contributed by atoms with E-state index in [4.69, 9.17) is 9.47 Å². The highest BCUT2D eigenvalue weighted by molar-refractivity contribution is 4.93. The molecule has 2 saturated heterocycles. The summed E-state index contributed by atoms with van der Waals surface area (Å²) < 4.78 is 11.7. The predicted octanol–water partition coefficient (Wildman–Crippen LogP) is 3.66. The molecule has 122 valence electrons. The van der Waals surface area contributed by atoms with Crippen LogP contribution in [0.15, 0.2) is 0 Å². The Labute approximate surface area is 130 Å². The molecule has 3 heteroatoms. The van der Waals surface area contributed by atoms with Gasteiger partial charge in [-0.05, 0) is 57.3 Å². The van der Waals surface area contributed by atoms with E-state index in [0.29, 0.717) is 6.04 Å². The maximum Gasteiger partial charge on any atom is 0.0741 e. The minimum atomic E-state index is 0.133. The van der Waals surface area contributed by atoms with E-state index in [9.17, 15) is 0 Å². The van der Waals surface area contributed by atoms with Crippen molar-refractivity contribution in [2.75, 3.05) is 19.8 Å². The summed E-state index contributed by atoms with van der Waals surface area (Å²) in [5.74, 6) is 1.00. The van der Waals surface area contributed by atoms with Gasteiger partial charge in [-0.3, -0.25) is 0 Å². The molecule has 0 aromatic carbocycles. The monoisotopic (exact) mass is 295 g/mol. The van der Waals surface area contributed by atoms with E-state index in [0.717, 1.165) is 44.6 Å². The van der Waals surface area contributed by atoms with Crippen LogP contribution in [0.1, 0.15) is 71.1 Å². The van der Waals surface area contributed by atoms with Crippen LogP contribution in [0.3, 0.4) is 0 Å². The Kier molecular flexibility index (Phi) is 5.58. The van der Waals surface area contributed by atoms with Crippen molar-refractivity contribution in [3.63, 3.8) is 0 Å². The highest BCUT2D eigenvalue weighted by Gasteiger charge is 2.39. The fourth-order valence-electron chi connectivity index (χ4n) is 4.62. The molecule has 0 aromatic heterocycles. The largest absolute Gasteiger partial charge is 0.381 e. The zero-order valence-corrected chi connectivity index (χ0v) is 13.7. The van der Waals surface area contributed by atoms with Crippen LogP contribution in [-0.4, -0.2) is 37.5 Å². The molecule has 3 nitrogen and oxygen atoms in total. The third-order valence-electron chi connectivity index (χ3n) is 5.91. The molecule has 1 aliphatic carbocycles. The number of nitrogens with one attached hydrogen (secondary N) is 1. The van der Waals surface area contributed by atoms with E-state index in [2.05, 4.69) is 12.2 Å². The molecular weight excluding hydrogens is 262 g/mol. The van der Waals surface area contributed by atoms with Gasteiger partial charge in [-0.1, -0.05) is 19.8 Å². The predicted molar refractivity (Wildman–Crippen MR) is 85.5 cm³/mol. The van der Waals surface area contributed by atoms with Crippen molar-refractivity contribution in [2.45, 2.75) is 88.8 Å². The first-order chi connectivity index (χ1) is 10.3. The van der Waals surface area contributed by atoms with Crippen LogP contribution in [0.25, 0.3) is 0 Å². The molecule has 1 N–H and O–H groups in total. The van der Waals surface area contributed by atoms with Crippen LogP contribution < -0.4 is 5.32 Å². The first-order valence-electron chi connectivity index (χ1n) is 9.27. The molecule has 3 rings (SSSR count). The molecule has 1 atom stereocenters. The van der Waals surface area contributed by atoms with Crippen molar-refractivity contribution in [3.05, 3.63) is 0 Å². The van der Waals surface area contributed by atoms with Crippen LogP contribution in [0, 0.1) is 5.92 Å². The van der Waals surface area contributed by atoms with Gasteiger partial charge in [0.2, 0.25) is 0 Å². The fraction of sp³-hybridized carbons (Fsp3) is 1.00. The Balaban J connectivity index is 1.45. The molecule has 0 radical (unpaired) electrons. The van der Waals surface area contributed by atoms with Crippen molar-refractivity contribution in [2.24, 2.45) is 5.92 Å². The summed E-state index contributed by atoms with van der Waals surface area (Å²) in [5, 5.41) is 3.97. The normalized spacial score (nSPS) is 36.7. The number of ether oxygens (including phenoxy) is 2. The lowest BCUT2D eigenvalue weighted by atomic mass is 9.81. The summed E-state index contributed by atoms with van der Waals surface area (Å²) in [4.78, 5) is 0. The summed E-state index contributed by atoms with van der Waals surface area (Å²) in [5.41, 5.74) is 0.133. The van der Waals surface area contributed by atoms with E-state index < -0.39 is 0 Å². The highest BCUT2D eigenvalue weighted by atomic mass is 16.5. The minimum Gasteiger partial charge on any atom is -0.381 e. The second-order valence-electron chi connectivity index (χ2n) is 7.51. The maximum atomic E-state index is 6.15. The van der Waals surface area contributed by atoms with Gasteiger partial charge in [-0.2, -0.15) is 0 Å². The summed E-state index contributed by atoms with van der Waals surface area (Å²) in [6.45, 7) is 5.02. The van der Waals surface area contributed by atoms with Crippen LogP contribution in [0.2, 0.25) is 0 Å². The number of hydrogen-bond donors (Lipinski definition) is 1. The van der Waals surface area contributed by atoms with Crippen molar-refractivity contribution in [1.82, 2.24) is 5.32 Å². The molecular formula is C18H33NO2. The standard InChI is InChI=1S/C18H33NO2/c1-2-3-15-4-6-16(7-5-15)19-17-8-11-21-18(14-17)9-12-20-13-10-18/h15-17,19H,2-14H2,1H3. The first kappa shape index (κ1) is 15.8. The summed E-state index contributed by atoms with van der Waals surface area (Å²) in [6.07, 6.45) is 13.0. The van der Waals surface area contributed by atoms with Crippen LogP contribution in [0.5, 0.6) is 0 Å². The maximum absolute atomic E-state index is 6.15. The summed E-state index contributed by atoms with van der Waals surface area (Å²) in [7, 11) is 0. The van der Waals surface area contributed by atoms with Gasteiger partial charge >= 0.3 is 0 Å². The van der Waals surface area contributed by atoms with Crippen LogP contribution >= 0.6 is 0 Å². The van der Waals surface area contributed by atoms with Gasteiger partial charge in [-0.15, -0.1) is 0 Å². The lowest BCUT2D eigenvalue weighted by Gasteiger charge is -2.44. The lowest BCUT2D eigenvalue weighted by molar-refractivity contribution is -0.141. The SMILES string of the molecule is CCCC1CCC(NC2CCOC3(CCOCC3)C2)CC1. The molecule has 21 heavy (non-hydrogen) atoms. The lowest BCUT2D eigenvalue weighted by Crippen LogP contribution is -2.52. The Morgan fingerprint density at radius 3 is 2.43 bits per heavy atom. The van der Waals surface area contributed by atoms with Gasteiger partial charge < -0.3 is 14.8 Å². The number of rotatable bonds is 4. The van der Waals surface area contributed by atoms with Crippen molar-refractivity contribution < 1.29 is 9.47 Å². The summed E-state index contributed by atoms with van der Waals surface area (Å²) in [6, 6.07) is 1.43. The van der Waals surface area contributed by atoms with Gasteiger partial charge in [0.25, 0.3) is 0 Å². The zero-order chi connectivity index (χ0) is 14.5. The molecule has 0 aromatic rings. The fourth-order valence-corrected chi connectivity index (χ4v) is 4.62. The van der Waals surface area contributed by atoms with Gasteiger partial charge in [0.15, 0.2) is 0 Å².